The zero-order valence-corrected chi connectivity index (χ0v) is 16.3. The van der Waals surface area contributed by atoms with Crippen molar-refractivity contribution in [2.45, 2.75) is 27.2 Å². The van der Waals surface area contributed by atoms with Crippen molar-refractivity contribution in [1.82, 2.24) is 0 Å². The number of hydrogen-bond donors (Lipinski definition) is 2. The van der Waals surface area contributed by atoms with Crippen molar-refractivity contribution in [3.8, 4) is 0 Å². The van der Waals surface area contributed by atoms with Crippen LogP contribution in [0.5, 0.6) is 0 Å². The van der Waals surface area contributed by atoms with E-state index in [4.69, 9.17) is 15.2 Å². The van der Waals surface area contributed by atoms with Crippen LogP contribution in [-0.4, -0.2) is 31.1 Å². The van der Waals surface area contributed by atoms with Gasteiger partial charge in [0.2, 0.25) is 0 Å². The molecule has 0 atom stereocenters. The maximum Gasteiger partial charge on any atom is 0.341 e. The first kappa shape index (κ1) is 20.4. The smallest absolute Gasteiger partial charge is 0.341 e. The van der Waals surface area contributed by atoms with Gasteiger partial charge >= 0.3 is 11.9 Å². The number of hydrogen-bond acceptors (Lipinski definition) is 7. The topological polar surface area (TPSA) is 108 Å². The molecule has 0 radical (unpaired) electrons. The van der Waals surface area contributed by atoms with Gasteiger partial charge in [0.25, 0.3) is 5.91 Å². The van der Waals surface area contributed by atoms with Crippen LogP contribution in [0, 0.1) is 6.92 Å². The van der Waals surface area contributed by atoms with Crippen molar-refractivity contribution in [3.05, 3.63) is 45.8 Å². The zero-order valence-electron chi connectivity index (χ0n) is 15.5. The molecule has 27 heavy (non-hydrogen) atoms. The molecule has 0 aliphatic heterocycles. The van der Waals surface area contributed by atoms with Gasteiger partial charge in [-0.25, -0.2) is 9.59 Å². The van der Waals surface area contributed by atoms with E-state index in [1.165, 1.54) is 23.5 Å². The number of esters is 2. The lowest BCUT2D eigenvalue weighted by atomic mass is 10.1. The molecular formula is C19H22N2O5S. The molecule has 2 aromatic rings. The van der Waals surface area contributed by atoms with Crippen LogP contribution in [0.4, 0.5) is 10.7 Å². The maximum absolute atomic E-state index is 12.3. The Balaban J connectivity index is 2.06. The molecular weight excluding hydrogens is 368 g/mol. The average Bonchev–Trinajstić information content (AvgIpc) is 2.95. The lowest BCUT2D eigenvalue weighted by Gasteiger charge is -2.08. The van der Waals surface area contributed by atoms with Crippen molar-refractivity contribution < 1.29 is 23.9 Å². The third kappa shape index (κ3) is 5.07. The quantitative estimate of drug-likeness (QED) is 0.555. The minimum Gasteiger partial charge on any atom is -0.462 e. The molecule has 0 aliphatic rings. The largest absolute Gasteiger partial charge is 0.462 e. The van der Waals surface area contributed by atoms with Crippen LogP contribution in [-0.2, 0) is 20.7 Å². The van der Waals surface area contributed by atoms with Crippen molar-refractivity contribution in [3.63, 3.8) is 0 Å². The first-order valence-corrected chi connectivity index (χ1v) is 9.30. The number of thiophene rings is 1. The first-order valence-electron chi connectivity index (χ1n) is 8.49. The molecule has 144 valence electrons. The van der Waals surface area contributed by atoms with E-state index in [0.29, 0.717) is 28.2 Å². The Kier molecular flexibility index (Phi) is 6.95. The Hall–Kier alpha value is -2.87. The minimum atomic E-state index is -0.632. The summed E-state index contributed by atoms with van der Waals surface area (Å²) in [4.78, 5) is 37.3. The van der Waals surface area contributed by atoms with Crippen LogP contribution in [0.15, 0.2) is 24.3 Å². The number of carbonyl (C=O) groups excluding carboxylic acids is 3. The van der Waals surface area contributed by atoms with E-state index in [9.17, 15) is 14.4 Å². The number of ether oxygens (including phenoxy) is 2. The van der Waals surface area contributed by atoms with E-state index in [0.717, 1.165) is 10.4 Å². The average molecular weight is 390 g/mol. The van der Waals surface area contributed by atoms with E-state index in [-0.39, 0.29) is 6.61 Å². The van der Waals surface area contributed by atoms with Gasteiger partial charge in [-0.15, -0.1) is 11.3 Å². The van der Waals surface area contributed by atoms with E-state index in [1.54, 1.807) is 19.1 Å². The van der Waals surface area contributed by atoms with Gasteiger partial charge in [-0.2, -0.15) is 0 Å². The summed E-state index contributed by atoms with van der Waals surface area (Å²) in [5.74, 6) is -1.64. The summed E-state index contributed by atoms with van der Waals surface area (Å²) in [5, 5.41) is 3.04. The Labute approximate surface area is 161 Å². The fraction of sp³-hybridized carbons (Fsp3) is 0.316. The second kappa shape index (κ2) is 9.18. The van der Waals surface area contributed by atoms with Crippen molar-refractivity contribution in [2.24, 2.45) is 0 Å². The number of benzene rings is 1. The number of anilines is 2. The predicted octanol–water partition coefficient (Wildman–Crippen LogP) is 3.17. The predicted molar refractivity (Wildman–Crippen MR) is 104 cm³/mol. The molecule has 1 aromatic heterocycles. The van der Waals surface area contributed by atoms with Gasteiger partial charge in [0.1, 0.15) is 5.00 Å². The number of carbonyl (C=O) groups is 3. The Bertz CT molecular complexity index is 843. The Morgan fingerprint density at radius 1 is 1.07 bits per heavy atom. The van der Waals surface area contributed by atoms with E-state index >= 15 is 0 Å². The molecule has 3 N–H and O–H groups in total. The molecule has 1 aromatic carbocycles. The van der Waals surface area contributed by atoms with Crippen LogP contribution in [0.25, 0.3) is 0 Å². The highest BCUT2D eigenvalue weighted by Gasteiger charge is 2.23. The molecule has 0 aliphatic carbocycles. The Morgan fingerprint density at radius 3 is 2.33 bits per heavy atom. The highest BCUT2D eigenvalue weighted by molar-refractivity contribution is 7.16. The molecule has 0 fully saturated rings. The molecule has 8 heteroatoms. The lowest BCUT2D eigenvalue weighted by molar-refractivity contribution is -0.119. The standard InChI is InChI=1S/C19H22N2O5S/c1-4-14-11(3)27-17(16(14)19(24)25-5-2)21-15(22)10-26-18(23)12-6-8-13(20)9-7-12/h6-9H,4-5,10,20H2,1-3H3,(H,21,22). The van der Waals surface area contributed by atoms with Crippen LogP contribution in [0.1, 0.15) is 45.0 Å². The summed E-state index contributed by atoms with van der Waals surface area (Å²) in [5.41, 5.74) is 7.59. The van der Waals surface area contributed by atoms with Gasteiger partial charge in [0, 0.05) is 10.6 Å². The van der Waals surface area contributed by atoms with Gasteiger partial charge < -0.3 is 20.5 Å². The van der Waals surface area contributed by atoms with Gasteiger partial charge in [0.15, 0.2) is 6.61 Å². The molecule has 0 unspecified atom stereocenters. The molecule has 0 bridgehead atoms. The van der Waals surface area contributed by atoms with Crippen molar-refractivity contribution >= 4 is 39.9 Å². The van der Waals surface area contributed by atoms with E-state index in [1.807, 2.05) is 13.8 Å². The van der Waals surface area contributed by atoms with Crippen LogP contribution in [0.3, 0.4) is 0 Å². The van der Waals surface area contributed by atoms with Crippen LogP contribution in [0.2, 0.25) is 0 Å². The maximum atomic E-state index is 12.3. The molecule has 2 rings (SSSR count). The normalized spacial score (nSPS) is 10.3. The fourth-order valence-corrected chi connectivity index (χ4v) is 3.66. The number of aryl methyl sites for hydroxylation is 1. The summed E-state index contributed by atoms with van der Waals surface area (Å²) in [6.45, 7) is 5.30. The van der Waals surface area contributed by atoms with Gasteiger partial charge in [0.05, 0.1) is 17.7 Å². The summed E-state index contributed by atoms with van der Waals surface area (Å²) in [6, 6.07) is 6.18. The van der Waals surface area contributed by atoms with Crippen molar-refractivity contribution in [2.75, 3.05) is 24.3 Å². The Morgan fingerprint density at radius 2 is 1.74 bits per heavy atom. The molecule has 0 spiro atoms. The number of rotatable bonds is 7. The first-order chi connectivity index (χ1) is 12.9. The van der Waals surface area contributed by atoms with Gasteiger partial charge in [-0.3, -0.25) is 4.79 Å². The van der Waals surface area contributed by atoms with Gasteiger partial charge in [-0.1, -0.05) is 6.92 Å². The van der Waals surface area contributed by atoms with Crippen molar-refractivity contribution in [1.29, 1.82) is 0 Å². The molecule has 0 saturated carbocycles. The SMILES string of the molecule is CCOC(=O)c1c(NC(=O)COC(=O)c2ccc(N)cc2)sc(C)c1CC. The number of amides is 1. The zero-order chi connectivity index (χ0) is 20.0. The molecule has 1 amide bonds. The number of nitrogens with one attached hydrogen (secondary N) is 1. The minimum absolute atomic E-state index is 0.240. The highest BCUT2D eigenvalue weighted by atomic mass is 32.1. The second-order valence-electron chi connectivity index (χ2n) is 5.66. The summed E-state index contributed by atoms with van der Waals surface area (Å²) >= 11 is 1.29. The number of nitrogen functional groups attached to an aromatic ring is 1. The van der Waals surface area contributed by atoms with Crippen LogP contribution < -0.4 is 11.1 Å². The molecule has 1 heterocycles. The van der Waals surface area contributed by atoms with Crippen LogP contribution >= 0.6 is 11.3 Å². The van der Waals surface area contributed by atoms with Gasteiger partial charge in [-0.05, 0) is 50.1 Å². The second-order valence-corrected chi connectivity index (χ2v) is 6.89. The lowest BCUT2D eigenvalue weighted by Crippen LogP contribution is -2.22. The molecule has 7 nitrogen and oxygen atoms in total. The fourth-order valence-electron chi connectivity index (χ4n) is 2.51. The summed E-state index contributed by atoms with van der Waals surface area (Å²) in [7, 11) is 0. The van der Waals surface area contributed by atoms with E-state index in [2.05, 4.69) is 5.32 Å². The highest BCUT2D eigenvalue weighted by Crippen LogP contribution is 2.34. The summed E-state index contributed by atoms with van der Waals surface area (Å²) < 4.78 is 10.1. The summed E-state index contributed by atoms with van der Waals surface area (Å²) in [6.07, 6.45) is 0.637. The van der Waals surface area contributed by atoms with E-state index < -0.39 is 24.5 Å². The third-order valence-corrected chi connectivity index (χ3v) is 4.84. The number of nitrogens with two attached hydrogens (primary N) is 1. The molecule has 0 saturated heterocycles. The third-order valence-electron chi connectivity index (χ3n) is 3.78. The monoisotopic (exact) mass is 390 g/mol.